The molecular weight excluding hydrogens is 390 g/mol. The van der Waals surface area contributed by atoms with Crippen LogP contribution in [0.3, 0.4) is 0 Å². The number of aromatic nitrogens is 3. The Morgan fingerprint density at radius 1 is 0.935 bits per heavy atom. The maximum Gasteiger partial charge on any atom is 0.185 e. The van der Waals surface area contributed by atoms with Gasteiger partial charge in [0.2, 0.25) is 0 Å². The summed E-state index contributed by atoms with van der Waals surface area (Å²) in [7, 11) is 0. The SMILES string of the molecule is O=C(/C=C/c1cn(-c2ccccc2)nc1-c1ccncc1)c1ccc2c(c1)OCCO2. The molecule has 1 aliphatic heterocycles. The number of nitrogens with zero attached hydrogens (tertiary/aromatic N) is 3. The van der Waals surface area contributed by atoms with E-state index < -0.39 is 0 Å². The zero-order chi connectivity index (χ0) is 21.0. The number of fused-ring (bicyclic) bond motifs is 1. The van der Waals surface area contributed by atoms with Crippen molar-refractivity contribution in [1.29, 1.82) is 0 Å². The summed E-state index contributed by atoms with van der Waals surface area (Å²) >= 11 is 0. The van der Waals surface area contributed by atoms with E-state index in [4.69, 9.17) is 14.6 Å². The molecule has 0 N–H and O–H groups in total. The van der Waals surface area contributed by atoms with Crippen LogP contribution < -0.4 is 9.47 Å². The Morgan fingerprint density at radius 2 is 1.71 bits per heavy atom. The first kappa shape index (κ1) is 18.8. The van der Waals surface area contributed by atoms with Gasteiger partial charge in [0.05, 0.1) is 5.69 Å². The van der Waals surface area contributed by atoms with Crippen molar-refractivity contribution in [1.82, 2.24) is 14.8 Å². The van der Waals surface area contributed by atoms with E-state index >= 15 is 0 Å². The molecular formula is C25H19N3O3. The number of ketones is 1. The third kappa shape index (κ3) is 3.96. The Labute approximate surface area is 179 Å². The van der Waals surface area contributed by atoms with Gasteiger partial charge in [0, 0.05) is 35.3 Å². The lowest BCUT2D eigenvalue weighted by Gasteiger charge is -2.18. The average molecular weight is 409 g/mol. The summed E-state index contributed by atoms with van der Waals surface area (Å²) in [5, 5.41) is 4.75. The molecule has 4 aromatic rings. The van der Waals surface area contributed by atoms with Crippen LogP contribution in [0.5, 0.6) is 11.5 Å². The van der Waals surface area contributed by atoms with E-state index in [0.29, 0.717) is 30.3 Å². The fourth-order valence-corrected chi connectivity index (χ4v) is 3.41. The van der Waals surface area contributed by atoms with Gasteiger partial charge in [-0.2, -0.15) is 5.10 Å². The predicted molar refractivity (Wildman–Crippen MR) is 118 cm³/mol. The Balaban J connectivity index is 1.48. The van der Waals surface area contributed by atoms with E-state index in [1.165, 1.54) is 0 Å². The molecule has 1 aliphatic rings. The quantitative estimate of drug-likeness (QED) is 0.356. The molecule has 0 saturated heterocycles. The van der Waals surface area contributed by atoms with Crippen LogP contribution in [0.2, 0.25) is 0 Å². The summed E-state index contributed by atoms with van der Waals surface area (Å²) in [5.74, 6) is 1.14. The van der Waals surface area contributed by atoms with Crippen molar-refractivity contribution in [3.8, 4) is 28.4 Å². The molecule has 6 heteroatoms. The normalized spacial score (nSPS) is 12.8. The van der Waals surface area contributed by atoms with Crippen LogP contribution in [-0.2, 0) is 0 Å². The Kier molecular flexibility index (Phi) is 5.02. The molecule has 0 radical (unpaired) electrons. The first-order valence-electron chi connectivity index (χ1n) is 9.95. The van der Waals surface area contributed by atoms with Crippen LogP contribution in [0, 0.1) is 0 Å². The zero-order valence-corrected chi connectivity index (χ0v) is 16.6. The van der Waals surface area contributed by atoms with Crippen molar-refractivity contribution in [2.45, 2.75) is 0 Å². The highest BCUT2D eigenvalue weighted by atomic mass is 16.6. The molecule has 0 saturated carbocycles. The molecule has 0 fully saturated rings. The second-order valence-corrected chi connectivity index (χ2v) is 7.01. The molecule has 0 atom stereocenters. The van der Waals surface area contributed by atoms with Crippen molar-refractivity contribution in [3.63, 3.8) is 0 Å². The van der Waals surface area contributed by atoms with Gasteiger partial charge in [-0.05, 0) is 54.6 Å². The predicted octanol–water partition coefficient (Wildman–Crippen LogP) is 4.60. The summed E-state index contributed by atoms with van der Waals surface area (Å²) in [6.07, 6.45) is 8.72. The molecule has 31 heavy (non-hydrogen) atoms. The van der Waals surface area contributed by atoms with Crippen LogP contribution in [0.15, 0.2) is 85.3 Å². The van der Waals surface area contributed by atoms with Crippen LogP contribution in [0.25, 0.3) is 23.0 Å². The molecule has 0 bridgehead atoms. The van der Waals surface area contributed by atoms with E-state index in [2.05, 4.69) is 4.98 Å². The van der Waals surface area contributed by atoms with Gasteiger partial charge in [-0.1, -0.05) is 18.2 Å². The standard InChI is InChI=1S/C25H19N3O3/c29-22(19-7-9-23-24(16-19)31-15-14-30-23)8-6-20-17-28(21-4-2-1-3-5-21)27-25(20)18-10-12-26-13-11-18/h1-13,16-17H,14-15H2/b8-6+. The third-order valence-electron chi connectivity index (χ3n) is 4.96. The fraction of sp³-hybridized carbons (Fsp3) is 0.0800. The summed E-state index contributed by atoms with van der Waals surface area (Å²) in [6, 6.07) is 18.9. The summed E-state index contributed by atoms with van der Waals surface area (Å²) in [4.78, 5) is 16.9. The van der Waals surface area contributed by atoms with Gasteiger partial charge in [-0.25, -0.2) is 4.68 Å². The largest absolute Gasteiger partial charge is 0.486 e. The van der Waals surface area contributed by atoms with Gasteiger partial charge in [0.1, 0.15) is 18.9 Å². The first-order chi connectivity index (χ1) is 15.3. The number of pyridine rings is 1. The zero-order valence-electron chi connectivity index (χ0n) is 16.6. The third-order valence-corrected chi connectivity index (χ3v) is 4.96. The minimum atomic E-state index is -0.120. The molecule has 5 rings (SSSR count). The van der Waals surface area contributed by atoms with Crippen molar-refractivity contribution >= 4 is 11.9 Å². The molecule has 6 nitrogen and oxygen atoms in total. The molecule has 152 valence electrons. The Morgan fingerprint density at radius 3 is 2.52 bits per heavy atom. The van der Waals surface area contributed by atoms with Crippen LogP contribution in [0.1, 0.15) is 15.9 Å². The van der Waals surface area contributed by atoms with E-state index in [-0.39, 0.29) is 5.78 Å². The number of carbonyl (C=O) groups excluding carboxylic acids is 1. The van der Waals surface area contributed by atoms with E-state index in [0.717, 1.165) is 22.5 Å². The lowest BCUT2D eigenvalue weighted by molar-refractivity contribution is 0.104. The van der Waals surface area contributed by atoms with Crippen LogP contribution in [0.4, 0.5) is 0 Å². The minimum Gasteiger partial charge on any atom is -0.486 e. The van der Waals surface area contributed by atoms with Gasteiger partial charge < -0.3 is 9.47 Å². The molecule has 3 heterocycles. The number of carbonyl (C=O) groups is 1. The Bertz CT molecular complexity index is 1250. The lowest BCUT2D eigenvalue weighted by Crippen LogP contribution is -2.15. The van der Waals surface area contributed by atoms with Crippen molar-refractivity contribution in [3.05, 3.63) is 96.5 Å². The maximum absolute atomic E-state index is 12.8. The van der Waals surface area contributed by atoms with Crippen LogP contribution in [-0.4, -0.2) is 33.8 Å². The monoisotopic (exact) mass is 409 g/mol. The number of hydrogen-bond donors (Lipinski definition) is 0. The number of benzene rings is 2. The maximum atomic E-state index is 12.8. The number of ether oxygens (including phenoxy) is 2. The minimum absolute atomic E-state index is 0.120. The second kappa shape index (κ2) is 8.28. The summed E-state index contributed by atoms with van der Waals surface area (Å²) in [5.41, 5.74) is 4.02. The fourth-order valence-electron chi connectivity index (χ4n) is 3.41. The molecule has 0 unspecified atom stereocenters. The number of allylic oxidation sites excluding steroid dienone is 1. The summed E-state index contributed by atoms with van der Waals surface area (Å²) < 4.78 is 12.9. The van der Waals surface area contributed by atoms with Gasteiger partial charge >= 0.3 is 0 Å². The van der Waals surface area contributed by atoms with Crippen molar-refractivity contribution < 1.29 is 14.3 Å². The molecule has 0 aliphatic carbocycles. The van der Waals surface area contributed by atoms with Gasteiger partial charge in [-0.15, -0.1) is 0 Å². The molecule has 0 spiro atoms. The highest BCUT2D eigenvalue weighted by molar-refractivity contribution is 6.07. The second-order valence-electron chi connectivity index (χ2n) is 7.01. The molecule has 0 amide bonds. The van der Waals surface area contributed by atoms with Crippen molar-refractivity contribution in [2.24, 2.45) is 0 Å². The number of para-hydroxylation sites is 1. The number of hydrogen-bond acceptors (Lipinski definition) is 5. The van der Waals surface area contributed by atoms with E-state index in [9.17, 15) is 4.79 Å². The average Bonchev–Trinajstić information content (AvgIpc) is 3.28. The number of rotatable bonds is 5. The molecule has 2 aromatic carbocycles. The first-order valence-corrected chi connectivity index (χ1v) is 9.95. The van der Waals surface area contributed by atoms with Gasteiger partial charge in [-0.3, -0.25) is 9.78 Å². The van der Waals surface area contributed by atoms with Crippen molar-refractivity contribution in [2.75, 3.05) is 13.2 Å². The smallest absolute Gasteiger partial charge is 0.185 e. The highest BCUT2D eigenvalue weighted by Gasteiger charge is 2.15. The topological polar surface area (TPSA) is 66.2 Å². The van der Waals surface area contributed by atoms with E-state index in [1.54, 1.807) is 42.7 Å². The highest BCUT2D eigenvalue weighted by Crippen LogP contribution is 2.31. The van der Waals surface area contributed by atoms with Crippen LogP contribution >= 0.6 is 0 Å². The van der Waals surface area contributed by atoms with Gasteiger partial charge in [0.25, 0.3) is 0 Å². The Hall–Kier alpha value is -4.19. The van der Waals surface area contributed by atoms with Gasteiger partial charge in [0.15, 0.2) is 17.3 Å². The summed E-state index contributed by atoms with van der Waals surface area (Å²) in [6.45, 7) is 0.998. The lowest BCUT2D eigenvalue weighted by atomic mass is 10.1. The molecule has 2 aromatic heterocycles. The van der Waals surface area contributed by atoms with E-state index in [1.807, 2.05) is 53.3 Å².